The number of rotatable bonds is 12. The smallest absolute Gasteiger partial charge is 0.00387 e. The van der Waals surface area contributed by atoms with Gasteiger partial charge in [-0.25, -0.2) is 0 Å². The van der Waals surface area contributed by atoms with Crippen LogP contribution in [-0.2, 0) is 0 Å². The van der Waals surface area contributed by atoms with Crippen molar-refractivity contribution in [3.63, 3.8) is 0 Å². The van der Waals surface area contributed by atoms with Crippen LogP contribution in [0.15, 0.2) is 0 Å². The highest BCUT2D eigenvalue weighted by Crippen LogP contribution is 2.40. The van der Waals surface area contributed by atoms with Gasteiger partial charge < -0.3 is 14.7 Å². The molecule has 0 amide bonds. The van der Waals surface area contributed by atoms with Crippen LogP contribution in [-0.4, -0.2) is 72.1 Å². The zero-order chi connectivity index (χ0) is 54.8. The first-order chi connectivity index (χ1) is 33.7. The summed E-state index contributed by atoms with van der Waals surface area (Å²) in [6, 6.07) is 2.24. The minimum atomic E-state index is 0.742. The lowest BCUT2D eigenvalue weighted by Crippen LogP contribution is -2.39. The summed E-state index contributed by atoms with van der Waals surface area (Å²) in [6.07, 6.45) is 26.3. The first-order valence-electron chi connectivity index (χ1n) is 32.9. The molecule has 3 heterocycles. The Bertz CT molecular complexity index is 1050. The second-order valence-electron chi connectivity index (χ2n) is 29.7. The molecule has 0 N–H and O–H groups in total. The van der Waals surface area contributed by atoms with Gasteiger partial charge in [-0.3, -0.25) is 0 Å². The Balaban J connectivity index is 0.000000432. The minimum Gasteiger partial charge on any atom is -0.301 e. The summed E-state index contributed by atoms with van der Waals surface area (Å²) in [4.78, 5) is 7.81. The Morgan fingerprint density at radius 1 is 0.208 bits per heavy atom. The summed E-state index contributed by atoms with van der Waals surface area (Å²) in [5.41, 5.74) is 0. The number of likely N-dealkylation sites (tertiary alicyclic amines) is 3. The molecule has 6 atom stereocenters. The monoisotopic (exact) mass is 1010 g/mol. The molecule has 0 spiro atoms. The van der Waals surface area contributed by atoms with E-state index in [1.54, 1.807) is 0 Å². The zero-order valence-corrected chi connectivity index (χ0v) is 54.4. The molecule has 0 aromatic carbocycles. The van der Waals surface area contributed by atoms with E-state index in [-0.39, 0.29) is 0 Å². The first kappa shape index (κ1) is 69.9. The van der Waals surface area contributed by atoms with Gasteiger partial charge in [0.2, 0.25) is 0 Å². The van der Waals surface area contributed by atoms with Crippen LogP contribution < -0.4 is 0 Å². The summed E-state index contributed by atoms with van der Waals surface area (Å²) in [5, 5.41) is 0. The van der Waals surface area contributed by atoms with Crippen molar-refractivity contribution in [3.05, 3.63) is 0 Å². The van der Waals surface area contributed by atoms with E-state index in [4.69, 9.17) is 0 Å². The van der Waals surface area contributed by atoms with Crippen molar-refractivity contribution in [2.45, 2.75) is 300 Å². The van der Waals surface area contributed by atoms with Gasteiger partial charge in [-0.05, 0) is 277 Å². The van der Waals surface area contributed by atoms with E-state index in [9.17, 15) is 0 Å². The minimum absolute atomic E-state index is 0.742. The van der Waals surface area contributed by atoms with Crippen LogP contribution >= 0.6 is 0 Å². The number of nitrogens with zero attached hydrogens (tertiary/aromatic N) is 3. The Labute approximate surface area is 458 Å². The van der Waals surface area contributed by atoms with E-state index in [1.165, 1.54) is 155 Å². The van der Waals surface area contributed by atoms with Crippen molar-refractivity contribution in [2.24, 2.45) is 107 Å². The van der Waals surface area contributed by atoms with Gasteiger partial charge in [0.15, 0.2) is 0 Å². The van der Waals surface area contributed by atoms with Gasteiger partial charge in [-0.15, -0.1) is 0 Å². The van der Waals surface area contributed by atoms with Crippen molar-refractivity contribution in [1.82, 2.24) is 14.7 Å². The van der Waals surface area contributed by atoms with Crippen LogP contribution in [0.2, 0.25) is 0 Å². The summed E-state index contributed by atoms with van der Waals surface area (Å²) in [6.45, 7) is 64.4. The maximum Gasteiger partial charge on any atom is 0.00387 e. The van der Waals surface area contributed by atoms with Gasteiger partial charge in [0.25, 0.3) is 0 Å². The second-order valence-corrected chi connectivity index (χ2v) is 29.7. The molecule has 6 rings (SSSR count). The molecule has 432 valence electrons. The third kappa shape index (κ3) is 28.5. The average molecular weight is 1010 g/mol. The molecule has 0 radical (unpaired) electrons. The molecule has 0 aromatic rings. The topological polar surface area (TPSA) is 9.72 Å². The first-order valence-corrected chi connectivity index (χ1v) is 32.9. The number of piperidine rings is 1. The predicted octanol–water partition coefficient (Wildman–Crippen LogP) is 20.6. The highest BCUT2D eigenvalue weighted by atomic mass is 15.2. The van der Waals surface area contributed by atoms with Crippen LogP contribution in [0.1, 0.15) is 282 Å². The Kier molecular flexibility index (Phi) is 36.5. The second kappa shape index (κ2) is 37.7. The van der Waals surface area contributed by atoms with E-state index in [2.05, 4.69) is 181 Å². The summed E-state index contributed by atoms with van der Waals surface area (Å²) < 4.78 is 0. The molecule has 3 aliphatic carbocycles. The molecule has 3 aliphatic heterocycles. The molecule has 6 aliphatic rings. The fourth-order valence-corrected chi connectivity index (χ4v) is 13.7. The standard InChI is InChI=1S/C13H26.C12H25N.C12H24.C11H23N.C11H22.C10H21N/c1-10(2)12-6-5-7-13(9-8-12)11(3)4;1-10(2)12-6-5-8-13(9-7-12)11(3)4;2*1-9(2)11-5-7-12(8-6-11)10(3)4;2*1-8(2)10-5-6-11(7-10)9(3)4/h10-13H,5-9H2,1-4H3;10-12H,5-9H2,1-4H3;9-12H,5-8H2,1-4H3;9-11H,5-8H2,1-4H3;8-11H,5-7H2,1-4H3;8-10H,5-7H2,1-4H3. The van der Waals surface area contributed by atoms with Crippen LogP contribution in [0, 0.1) is 107 Å². The lowest BCUT2D eigenvalue weighted by atomic mass is 9.73. The number of hydrogen-bond donors (Lipinski definition) is 0. The largest absolute Gasteiger partial charge is 0.301 e. The lowest BCUT2D eigenvalue weighted by molar-refractivity contribution is 0.129. The van der Waals surface area contributed by atoms with Crippen molar-refractivity contribution in [1.29, 1.82) is 0 Å². The molecule has 3 saturated carbocycles. The maximum atomic E-state index is 2.63. The molecule has 6 unspecified atom stereocenters. The SMILES string of the molecule is CC(C)C1CCC(C(C)C)C1.CC(C)C1CCC(C(C)C)CC1.CC(C)C1CCCC(C(C)C)CC1.CC(C)C1CCCN(C(C)C)CC1.CC(C)C1CCN(C(C)C)C1.CC(C)C1CCN(C(C)C)CC1. The molecule has 3 heteroatoms. The number of hydrogen-bond acceptors (Lipinski definition) is 3. The van der Waals surface area contributed by atoms with E-state index >= 15 is 0 Å². The molecule has 6 fully saturated rings. The molecule has 0 bridgehead atoms. The summed E-state index contributed by atoms with van der Waals surface area (Å²) in [7, 11) is 0. The molecular weight excluding hydrogens is 871 g/mol. The van der Waals surface area contributed by atoms with E-state index in [1.807, 2.05) is 0 Å². The summed E-state index contributed by atoms with van der Waals surface area (Å²) >= 11 is 0. The van der Waals surface area contributed by atoms with Crippen molar-refractivity contribution in [3.8, 4) is 0 Å². The lowest BCUT2D eigenvalue weighted by Gasteiger charge is -2.36. The van der Waals surface area contributed by atoms with Gasteiger partial charge in [0, 0.05) is 24.7 Å². The van der Waals surface area contributed by atoms with Crippen LogP contribution in [0.3, 0.4) is 0 Å². The molecule has 0 aromatic heterocycles. The molecular formula is C69H141N3. The maximum absolute atomic E-state index is 2.63. The van der Waals surface area contributed by atoms with Crippen LogP contribution in [0.25, 0.3) is 0 Å². The third-order valence-electron chi connectivity index (χ3n) is 20.7. The van der Waals surface area contributed by atoms with Crippen LogP contribution in [0.5, 0.6) is 0 Å². The molecule has 72 heavy (non-hydrogen) atoms. The van der Waals surface area contributed by atoms with E-state index in [0.29, 0.717) is 0 Å². The van der Waals surface area contributed by atoms with Crippen molar-refractivity contribution >= 4 is 0 Å². The van der Waals surface area contributed by atoms with Gasteiger partial charge in [0.1, 0.15) is 0 Å². The van der Waals surface area contributed by atoms with Gasteiger partial charge >= 0.3 is 0 Å². The van der Waals surface area contributed by atoms with Gasteiger partial charge in [-0.1, -0.05) is 144 Å². The highest BCUT2D eigenvalue weighted by Gasteiger charge is 2.30. The highest BCUT2D eigenvalue weighted by molar-refractivity contribution is 4.82. The van der Waals surface area contributed by atoms with Gasteiger partial charge in [-0.2, -0.15) is 0 Å². The fraction of sp³-hybridized carbons (Fsp3) is 1.00. The fourth-order valence-electron chi connectivity index (χ4n) is 13.7. The predicted molar refractivity (Wildman–Crippen MR) is 328 cm³/mol. The average Bonchev–Trinajstić information content (AvgIpc) is 3.89. The Morgan fingerprint density at radius 3 is 0.694 bits per heavy atom. The van der Waals surface area contributed by atoms with E-state index < -0.39 is 0 Å². The third-order valence-corrected chi connectivity index (χ3v) is 20.7. The molecule has 3 nitrogen and oxygen atoms in total. The zero-order valence-electron chi connectivity index (χ0n) is 54.4. The van der Waals surface area contributed by atoms with Crippen LogP contribution in [0.4, 0.5) is 0 Å². The van der Waals surface area contributed by atoms with Crippen molar-refractivity contribution < 1.29 is 0 Å². The van der Waals surface area contributed by atoms with E-state index in [0.717, 1.165) is 125 Å². The van der Waals surface area contributed by atoms with Crippen molar-refractivity contribution in [2.75, 3.05) is 39.3 Å². The quantitative estimate of drug-likeness (QED) is 0.180. The van der Waals surface area contributed by atoms with Gasteiger partial charge in [0.05, 0.1) is 0 Å². The normalized spacial score (nSPS) is 28.5. The summed E-state index contributed by atoms with van der Waals surface area (Å²) in [5.74, 6) is 17.2. The Morgan fingerprint density at radius 2 is 0.431 bits per heavy atom. The Hall–Kier alpha value is -0.120. The molecule has 3 saturated heterocycles.